The van der Waals surface area contributed by atoms with Gasteiger partial charge in [0.2, 0.25) is 0 Å². The standard InChI is InChI=1S/C10H10N4O3/c11-10(12)13-9(15)6-5-7-3-1-2-4-8(7)14(16)17/h1-6H,(H4,11,12,13,15). The minimum Gasteiger partial charge on any atom is -0.370 e. The van der Waals surface area contributed by atoms with E-state index in [0.29, 0.717) is 5.56 Å². The zero-order valence-electron chi connectivity index (χ0n) is 8.71. The van der Waals surface area contributed by atoms with Gasteiger partial charge < -0.3 is 5.73 Å². The first-order valence-electron chi connectivity index (χ1n) is 4.57. The van der Waals surface area contributed by atoms with E-state index in [2.05, 4.69) is 0 Å². The van der Waals surface area contributed by atoms with Gasteiger partial charge in [-0.15, -0.1) is 0 Å². The van der Waals surface area contributed by atoms with Crippen LogP contribution in [0.5, 0.6) is 0 Å². The van der Waals surface area contributed by atoms with Gasteiger partial charge in [0.25, 0.3) is 11.6 Å². The number of rotatable bonds is 3. The van der Waals surface area contributed by atoms with Gasteiger partial charge in [-0.05, 0) is 12.1 Å². The number of nitrogens with one attached hydrogen (secondary N) is 2. The van der Waals surface area contributed by atoms with Crippen molar-refractivity contribution in [3.63, 3.8) is 0 Å². The summed E-state index contributed by atoms with van der Waals surface area (Å²) in [6, 6.07) is 6.00. The van der Waals surface area contributed by atoms with E-state index < -0.39 is 16.8 Å². The number of nitrogens with zero attached hydrogens (tertiary/aromatic N) is 1. The number of nitrogens with two attached hydrogens (primary N) is 1. The summed E-state index contributed by atoms with van der Waals surface area (Å²) in [5.41, 5.74) is 5.15. The van der Waals surface area contributed by atoms with Crippen molar-refractivity contribution in [3.8, 4) is 0 Å². The van der Waals surface area contributed by atoms with Crippen molar-refractivity contribution in [2.45, 2.75) is 0 Å². The minimum atomic E-state index is -0.615. The first-order valence-corrected chi connectivity index (χ1v) is 4.57. The Balaban J connectivity index is 2.88. The number of guanidine groups is 1. The highest BCUT2D eigenvalue weighted by Gasteiger charge is 2.09. The fourth-order valence-corrected chi connectivity index (χ4v) is 1.13. The fraction of sp³-hybridized carbons (Fsp3) is 0. The van der Waals surface area contributed by atoms with Crippen LogP contribution in [0.1, 0.15) is 5.56 Å². The molecule has 0 saturated heterocycles. The molecule has 0 atom stereocenters. The molecule has 7 heteroatoms. The molecule has 0 bridgehead atoms. The lowest BCUT2D eigenvalue weighted by molar-refractivity contribution is -0.385. The van der Waals surface area contributed by atoms with Gasteiger partial charge >= 0.3 is 0 Å². The molecule has 0 fully saturated rings. The molecule has 1 aromatic carbocycles. The van der Waals surface area contributed by atoms with Crippen LogP contribution in [-0.2, 0) is 4.79 Å². The highest BCUT2D eigenvalue weighted by atomic mass is 16.6. The van der Waals surface area contributed by atoms with Gasteiger partial charge in [0.1, 0.15) is 0 Å². The topological polar surface area (TPSA) is 122 Å². The summed E-state index contributed by atoms with van der Waals surface area (Å²) >= 11 is 0. The second kappa shape index (κ2) is 5.40. The SMILES string of the molecule is N=C(N)NC(=O)C=Cc1ccccc1[N+](=O)[O-]. The summed E-state index contributed by atoms with van der Waals surface area (Å²) < 4.78 is 0. The first-order chi connectivity index (χ1) is 8.00. The van der Waals surface area contributed by atoms with Crippen molar-refractivity contribution in [2.75, 3.05) is 0 Å². The lowest BCUT2D eigenvalue weighted by atomic mass is 10.1. The third-order valence-electron chi connectivity index (χ3n) is 1.81. The van der Waals surface area contributed by atoms with E-state index in [1.165, 1.54) is 24.3 Å². The zero-order valence-corrected chi connectivity index (χ0v) is 8.71. The van der Waals surface area contributed by atoms with Gasteiger partial charge in [-0.2, -0.15) is 0 Å². The van der Waals surface area contributed by atoms with E-state index in [4.69, 9.17) is 11.1 Å². The molecule has 7 nitrogen and oxygen atoms in total. The molecule has 0 radical (unpaired) electrons. The molecule has 0 aromatic heterocycles. The van der Waals surface area contributed by atoms with Crippen LogP contribution in [0.2, 0.25) is 0 Å². The predicted molar refractivity (Wildman–Crippen MR) is 62.2 cm³/mol. The van der Waals surface area contributed by atoms with Crippen LogP contribution in [0.3, 0.4) is 0 Å². The Hall–Kier alpha value is -2.70. The number of carbonyl (C=O) groups is 1. The van der Waals surface area contributed by atoms with E-state index in [1.807, 2.05) is 5.32 Å². The van der Waals surface area contributed by atoms with E-state index >= 15 is 0 Å². The number of nitro benzene ring substituents is 1. The normalized spacial score (nSPS) is 10.1. The lowest BCUT2D eigenvalue weighted by Crippen LogP contribution is -2.34. The quantitative estimate of drug-likeness (QED) is 0.233. The second-order valence-electron chi connectivity index (χ2n) is 3.05. The van der Waals surface area contributed by atoms with E-state index in [-0.39, 0.29) is 5.69 Å². The molecule has 1 aromatic rings. The molecule has 0 aliphatic carbocycles. The number of hydrogen-bond donors (Lipinski definition) is 3. The number of nitro groups is 1. The molecule has 88 valence electrons. The molecule has 4 N–H and O–H groups in total. The summed E-state index contributed by atoms with van der Waals surface area (Å²) in [7, 11) is 0. The Bertz CT molecular complexity index is 496. The second-order valence-corrected chi connectivity index (χ2v) is 3.05. The monoisotopic (exact) mass is 234 g/mol. The maximum absolute atomic E-state index is 11.1. The minimum absolute atomic E-state index is 0.0978. The highest BCUT2D eigenvalue weighted by Crippen LogP contribution is 2.18. The van der Waals surface area contributed by atoms with Crippen molar-refractivity contribution in [3.05, 3.63) is 46.0 Å². The van der Waals surface area contributed by atoms with Crippen molar-refractivity contribution in [1.29, 1.82) is 5.41 Å². The van der Waals surface area contributed by atoms with Crippen molar-refractivity contribution in [2.24, 2.45) is 5.73 Å². The molecule has 0 aliphatic heterocycles. The number of carbonyl (C=O) groups excluding carboxylic acids is 1. The van der Waals surface area contributed by atoms with Crippen LogP contribution in [0.25, 0.3) is 6.08 Å². The van der Waals surface area contributed by atoms with E-state index in [0.717, 1.165) is 6.08 Å². The molecule has 0 aliphatic rings. The van der Waals surface area contributed by atoms with E-state index in [9.17, 15) is 14.9 Å². The van der Waals surface area contributed by atoms with Crippen LogP contribution in [-0.4, -0.2) is 16.8 Å². The summed E-state index contributed by atoms with van der Waals surface area (Å²) in [4.78, 5) is 21.2. The van der Waals surface area contributed by atoms with E-state index in [1.54, 1.807) is 6.07 Å². The number of benzene rings is 1. The molecule has 0 spiro atoms. The lowest BCUT2D eigenvalue weighted by Gasteiger charge is -1.98. The highest BCUT2D eigenvalue weighted by molar-refractivity contribution is 6.02. The molecular formula is C10H10N4O3. The molecule has 17 heavy (non-hydrogen) atoms. The van der Waals surface area contributed by atoms with Crippen molar-refractivity contribution in [1.82, 2.24) is 5.32 Å². The van der Waals surface area contributed by atoms with Crippen LogP contribution < -0.4 is 11.1 Å². The van der Waals surface area contributed by atoms with Crippen LogP contribution in [0, 0.1) is 15.5 Å². The number of para-hydroxylation sites is 1. The van der Waals surface area contributed by atoms with Gasteiger partial charge in [0.15, 0.2) is 5.96 Å². The fourth-order valence-electron chi connectivity index (χ4n) is 1.13. The van der Waals surface area contributed by atoms with Gasteiger partial charge in [-0.25, -0.2) is 0 Å². The van der Waals surface area contributed by atoms with Gasteiger partial charge in [0, 0.05) is 12.1 Å². The van der Waals surface area contributed by atoms with Crippen molar-refractivity contribution >= 4 is 23.6 Å². The third kappa shape index (κ3) is 3.74. The first kappa shape index (κ1) is 12.4. The molecule has 1 amide bonds. The Morgan fingerprint density at radius 2 is 2.12 bits per heavy atom. The Labute approximate surface area is 96.6 Å². The summed E-state index contributed by atoms with van der Waals surface area (Å²) in [5.74, 6) is -1.10. The Morgan fingerprint density at radius 1 is 1.47 bits per heavy atom. The predicted octanol–water partition coefficient (Wildman–Crippen LogP) is 0.618. The van der Waals surface area contributed by atoms with Gasteiger partial charge in [-0.1, -0.05) is 12.1 Å². The molecule has 1 rings (SSSR count). The summed E-state index contributed by atoms with van der Waals surface area (Å²) in [6.45, 7) is 0. The zero-order chi connectivity index (χ0) is 12.8. The van der Waals surface area contributed by atoms with Gasteiger partial charge in [-0.3, -0.25) is 25.6 Å². The van der Waals surface area contributed by atoms with Gasteiger partial charge in [0.05, 0.1) is 10.5 Å². The number of hydrogen-bond acceptors (Lipinski definition) is 4. The maximum Gasteiger partial charge on any atom is 0.276 e. The summed E-state index contributed by atoms with van der Waals surface area (Å²) in [5, 5.41) is 19.5. The van der Waals surface area contributed by atoms with Crippen LogP contribution in [0.15, 0.2) is 30.3 Å². The molecule has 0 unspecified atom stereocenters. The maximum atomic E-state index is 11.1. The summed E-state index contributed by atoms with van der Waals surface area (Å²) in [6.07, 6.45) is 2.36. The third-order valence-corrected chi connectivity index (χ3v) is 1.81. The van der Waals surface area contributed by atoms with Crippen LogP contribution in [0.4, 0.5) is 5.69 Å². The largest absolute Gasteiger partial charge is 0.370 e. The Kier molecular flexibility index (Phi) is 3.93. The Morgan fingerprint density at radius 3 is 2.71 bits per heavy atom. The van der Waals surface area contributed by atoms with Crippen molar-refractivity contribution < 1.29 is 9.72 Å². The average molecular weight is 234 g/mol. The average Bonchev–Trinajstić information content (AvgIpc) is 2.25. The molecular weight excluding hydrogens is 224 g/mol. The number of amides is 1. The molecule has 0 heterocycles. The van der Waals surface area contributed by atoms with Crippen LogP contribution >= 0.6 is 0 Å². The smallest absolute Gasteiger partial charge is 0.276 e. The molecule has 0 saturated carbocycles.